The summed E-state index contributed by atoms with van der Waals surface area (Å²) in [4.78, 5) is 3.17. The van der Waals surface area contributed by atoms with E-state index in [1.165, 1.54) is 5.69 Å². The number of hydrogen-bond acceptors (Lipinski definition) is 2. The third-order valence-corrected chi connectivity index (χ3v) is 3.11. The summed E-state index contributed by atoms with van der Waals surface area (Å²) in [5, 5.41) is 4.02. The Kier molecular flexibility index (Phi) is 3.59. The zero-order chi connectivity index (χ0) is 12.3. The summed E-state index contributed by atoms with van der Waals surface area (Å²) in [7, 11) is 0. The fraction of sp³-hybridized carbons (Fsp3) is 0.231. The largest absolute Gasteiger partial charge is 0.397 e. The number of anilines is 2. The Morgan fingerprint density at radius 3 is 2.94 bits per heavy atom. The second kappa shape index (κ2) is 5.15. The number of aryl methyl sites for hydroxylation is 1. The fourth-order valence-corrected chi connectivity index (χ4v) is 1.88. The molecular weight excluding hydrogens is 234 g/mol. The molecule has 17 heavy (non-hydrogen) atoms. The van der Waals surface area contributed by atoms with E-state index in [1.54, 1.807) is 6.07 Å². The molecule has 1 heterocycles. The van der Waals surface area contributed by atoms with Crippen molar-refractivity contribution in [1.29, 1.82) is 0 Å². The van der Waals surface area contributed by atoms with Crippen molar-refractivity contribution in [2.24, 2.45) is 0 Å². The van der Waals surface area contributed by atoms with E-state index in [-0.39, 0.29) is 0 Å². The number of aromatic nitrogens is 1. The molecule has 0 amide bonds. The minimum atomic E-state index is 0.687. The molecule has 0 aliphatic heterocycles. The molecule has 0 spiro atoms. The highest BCUT2D eigenvalue weighted by Crippen LogP contribution is 2.26. The first-order chi connectivity index (χ1) is 8.16. The molecule has 0 aliphatic carbocycles. The van der Waals surface area contributed by atoms with Crippen LogP contribution in [0.2, 0.25) is 5.02 Å². The lowest BCUT2D eigenvalue weighted by Crippen LogP contribution is -2.07. The van der Waals surface area contributed by atoms with Crippen LogP contribution in [0.5, 0.6) is 0 Å². The van der Waals surface area contributed by atoms with Crippen molar-refractivity contribution in [3.05, 3.63) is 46.7 Å². The average Bonchev–Trinajstić information content (AvgIpc) is 2.78. The molecule has 3 nitrogen and oxygen atoms in total. The van der Waals surface area contributed by atoms with Gasteiger partial charge in [0.05, 0.1) is 11.4 Å². The summed E-state index contributed by atoms with van der Waals surface area (Å²) in [6, 6.07) is 7.83. The maximum atomic E-state index is 5.99. The molecule has 0 fully saturated rings. The smallest absolute Gasteiger partial charge is 0.0577 e. The van der Waals surface area contributed by atoms with E-state index in [1.807, 2.05) is 25.3 Å². The number of rotatable bonds is 4. The zero-order valence-corrected chi connectivity index (χ0v) is 10.5. The quantitative estimate of drug-likeness (QED) is 0.729. The van der Waals surface area contributed by atoms with E-state index in [2.05, 4.69) is 16.4 Å². The maximum Gasteiger partial charge on any atom is 0.0577 e. The van der Waals surface area contributed by atoms with Crippen LogP contribution in [-0.2, 0) is 6.42 Å². The Bertz CT molecular complexity index is 492. The second-order valence-corrected chi connectivity index (χ2v) is 4.47. The molecule has 0 bridgehead atoms. The number of benzene rings is 1. The minimum absolute atomic E-state index is 0.687. The van der Waals surface area contributed by atoms with Crippen molar-refractivity contribution in [3.8, 4) is 0 Å². The predicted octanol–water partition coefficient (Wildman–Crippen LogP) is 3.21. The lowest BCUT2D eigenvalue weighted by molar-refractivity contribution is 0.977. The van der Waals surface area contributed by atoms with Gasteiger partial charge in [-0.3, -0.25) is 0 Å². The lowest BCUT2D eigenvalue weighted by Gasteiger charge is -2.11. The number of aromatic amines is 1. The molecule has 0 atom stereocenters. The maximum absolute atomic E-state index is 5.99. The highest BCUT2D eigenvalue weighted by Gasteiger charge is 2.03. The first kappa shape index (κ1) is 11.9. The van der Waals surface area contributed by atoms with Gasteiger partial charge in [0.25, 0.3) is 0 Å². The fourth-order valence-electron chi connectivity index (χ4n) is 1.70. The molecule has 4 heteroatoms. The van der Waals surface area contributed by atoms with Crippen molar-refractivity contribution in [1.82, 2.24) is 4.98 Å². The van der Waals surface area contributed by atoms with Crippen LogP contribution in [0.15, 0.2) is 30.5 Å². The van der Waals surface area contributed by atoms with E-state index in [0.29, 0.717) is 10.7 Å². The summed E-state index contributed by atoms with van der Waals surface area (Å²) >= 11 is 5.99. The molecule has 2 aromatic rings. The van der Waals surface area contributed by atoms with Crippen LogP contribution in [0.25, 0.3) is 0 Å². The molecule has 0 radical (unpaired) electrons. The molecular formula is C13H16ClN3. The van der Waals surface area contributed by atoms with Crippen molar-refractivity contribution in [3.63, 3.8) is 0 Å². The van der Waals surface area contributed by atoms with Crippen molar-refractivity contribution >= 4 is 23.0 Å². The van der Waals surface area contributed by atoms with Crippen LogP contribution >= 0.6 is 11.6 Å². The van der Waals surface area contributed by atoms with Gasteiger partial charge >= 0.3 is 0 Å². The van der Waals surface area contributed by atoms with Gasteiger partial charge in [-0.25, -0.2) is 0 Å². The predicted molar refractivity (Wildman–Crippen MR) is 73.6 cm³/mol. The van der Waals surface area contributed by atoms with E-state index >= 15 is 0 Å². The van der Waals surface area contributed by atoms with Gasteiger partial charge in [0.15, 0.2) is 0 Å². The highest BCUT2D eigenvalue weighted by atomic mass is 35.5. The number of hydrogen-bond donors (Lipinski definition) is 3. The Morgan fingerprint density at radius 1 is 1.41 bits per heavy atom. The Balaban J connectivity index is 1.97. The van der Waals surface area contributed by atoms with Crippen molar-refractivity contribution < 1.29 is 0 Å². The third kappa shape index (κ3) is 2.94. The lowest BCUT2D eigenvalue weighted by atomic mass is 10.2. The first-order valence-electron chi connectivity index (χ1n) is 5.58. The Labute approximate surface area is 106 Å². The minimum Gasteiger partial charge on any atom is -0.397 e. The van der Waals surface area contributed by atoms with E-state index in [4.69, 9.17) is 17.3 Å². The summed E-state index contributed by atoms with van der Waals surface area (Å²) < 4.78 is 0. The number of halogens is 1. The average molecular weight is 250 g/mol. The van der Waals surface area contributed by atoms with Gasteiger partial charge in [-0.2, -0.15) is 0 Å². The Hall–Kier alpha value is -1.61. The van der Waals surface area contributed by atoms with E-state index in [0.717, 1.165) is 24.2 Å². The highest BCUT2D eigenvalue weighted by molar-refractivity contribution is 6.31. The van der Waals surface area contributed by atoms with Gasteiger partial charge in [-0.1, -0.05) is 11.6 Å². The summed E-state index contributed by atoms with van der Waals surface area (Å²) in [5.74, 6) is 0. The molecule has 0 aliphatic rings. The van der Waals surface area contributed by atoms with Gasteiger partial charge in [0, 0.05) is 29.9 Å². The van der Waals surface area contributed by atoms with Crippen LogP contribution in [0.3, 0.4) is 0 Å². The number of nitrogens with one attached hydrogen (secondary N) is 2. The van der Waals surface area contributed by atoms with Gasteiger partial charge in [0.2, 0.25) is 0 Å². The van der Waals surface area contributed by atoms with Crippen LogP contribution < -0.4 is 11.1 Å². The molecule has 0 saturated carbocycles. The van der Waals surface area contributed by atoms with Crippen LogP contribution in [-0.4, -0.2) is 11.5 Å². The molecule has 90 valence electrons. The molecule has 2 rings (SSSR count). The monoisotopic (exact) mass is 249 g/mol. The normalized spacial score (nSPS) is 10.5. The topological polar surface area (TPSA) is 53.8 Å². The first-order valence-corrected chi connectivity index (χ1v) is 5.96. The molecule has 1 aromatic carbocycles. The van der Waals surface area contributed by atoms with E-state index in [9.17, 15) is 0 Å². The third-order valence-electron chi connectivity index (χ3n) is 2.70. The van der Waals surface area contributed by atoms with Crippen LogP contribution in [0.4, 0.5) is 11.4 Å². The van der Waals surface area contributed by atoms with Gasteiger partial charge in [-0.15, -0.1) is 0 Å². The number of nitrogen functional groups attached to an aromatic ring is 1. The zero-order valence-electron chi connectivity index (χ0n) is 9.76. The number of H-pyrrole nitrogens is 1. The van der Waals surface area contributed by atoms with Gasteiger partial charge in [0.1, 0.15) is 0 Å². The van der Waals surface area contributed by atoms with Crippen LogP contribution in [0.1, 0.15) is 11.3 Å². The summed E-state index contributed by atoms with van der Waals surface area (Å²) in [5.41, 5.74) is 9.77. The summed E-state index contributed by atoms with van der Waals surface area (Å²) in [6.45, 7) is 2.81. The Morgan fingerprint density at radius 2 is 2.24 bits per heavy atom. The SMILES string of the molecule is Cc1cc(NCCc2ccc[nH]2)c(N)cc1Cl. The summed E-state index contributed by atoms with van der Waals surface area (Å²) in [6.07, 6.45) is 2.87. The van der Waals surface area contributed by atoms with Crippen molar-refractivity contribution in [2.75, 3.05) is 17.6 Å². The second-order valence-electron chi connectivity index (χ2n) is 4.06. The molecule has 1 aromatic heterocycles. The van der Waals surface area contributed by atoms with Crippen molar-refractivity contribution in [2.45, 2.75) is 13.3 Å². The van der Waals surface area contributed by atoms with Gasteiger partial charge < -0.3 is 16.0 Å². The van der Waals surface area contributed by atoms with Gasteiger partial charge in [-0.05, 0) is 36.8 Å². The van der Waals surface area contributed by atoms with E-state index < -0.39 is 0 Å². The molecule has 4 N–H and O–H groups in total. The standard InChI is InChI=1S/C13H16ClN3/c1-9-7-13(12(15)8-11(9)14)17-6-4-10-3-2-5-16-10/h2-3,5,7-8,16-17H,4,6,15H2,1H3. The molecule has 0 saturated heterocycles. The number of nitrogens with two attached hydrogens (primary N) is 1. The van der Waals surface area contributed by atoms with Crippen LogP contribution in [0, 0.1) is 6.92 Å². The molecule has 0 unspecified atom stereocenters.